The molecule has 1 aliphatic carbocycles. The van der Waals surface area contributed by atoms with Crippen molar-refractivity contribution in [3.63, 3.8) is 0 Å². The Morgan fingerprint density at radius 1 is 1.29 bits per heavy atom. The van der Waals surface area contributed by atoms with Gasteiger partial charge in [0.25, 0.3) is 0 Å². The number of rotatable bonds is 1. The van der Waals surface area contributed by atoms with Crippen molar-refractivity contribution >= 4 is 5.97 Å². The first-order chi connectivity index (χ1) is 7.79. The van der Waals surface area contributed by atoms with Crippen molar-refractivity contribution < 1.29 is 27.8 Å². The fraction of sp³-hybridized carbons (Fsp3) is 0.909. The van der Waals surface area contributed by atoms with Crippen LogP contribution in [0.1, 0.15) is 26.2 Å². The SMILES string of the molecule is CC1CC2C(CC(C(F)(F)F)CC2C(=O)O)O1. The molecule has 5 unspecified atom stereocenters. The molecule has 17 heavy (non-hydrogen) atoms. The Balaban J connectivity index is 2.18. The second-order valence-electron chi connectivity index (χ2n) is 5.04. The number of carbonyl (C=O) groups is 1. The van der Waals surface area contributed by atoms with Gasteiger partial charge in [0.2, 0.25) is 0 Å². The summed E-state index contributed by atoms with van der Waals surface area (Å²) in [4.78, 5) is 11.1. The fourth-order valence-electron chi connectivity index (χ4n) is 3.05. The van der Waals surface area contributed by atoms with Gasteiger partial charge >= 0.3 is 12.1 Å². The zero-order valence-electron chi connectivity index (χ0n) is 9.41. The molecule has 2 rings (SSSR count). The van der Waals surface area contributed by atoms with Crippen LogP contribution >= 0.6 is 0 Å². The average Bonchev–Trinajstić information content (AvgIpc) is 2.54. The average molecular weight is 252 g/mol. The van der Waals surface area contributed by atoms with E-state index in [0.29, 0.717) is 6.42 Å². The molecule has 1 saturated carbocycles. The van der Waals surface area contributed by atoms with Gasteiger partial charge in [-0.1, -0.05) is 0 Å². The van der Waals surface area contributed by atoms with Crippen molar-refractivity contribution in [3.05, 3.63) is 0 Å². The maximum atomic E-state index is 12.7. The number of carboxylic acids is 1. The lowest BCUT2D eigenvalue weighted by atomic mass is 9.71. The summed E-state index contributed by atoms with van der Waals surface area (Å²) < 4.78 is 43.5. The second-order valence-corrected chi connectivity index (χ2v) is 5.04. The zero-order chi connectivity index (χ0) is 12.8. The predicted octanol–water partition coefficient (Wildman–Crippen LogP) is 2.45. The normalized spacial score (nSPS) is 42.2. The van der Waals surface area contributed by atoms with Gasteiger partial charge in [-0.2, -0.15) is 13.2 Å². The lowest BCUT2D eigenvalue weighted by Gasteiger charge is -2.36. The Kier molecular flexibility index (Phi) is 3.10. The maximum absolute atomic E-state index is 12.7. The summed E-state index contributed by atoms with van der Waals surface area (Å²) in [6.45, 7) is 1.78. The molecule has 3 nitrogen and oxygen atoms in total. The van der Waals surface area contributed by atoms with Crippen molar-refractivity contribution in [1.82, 2.24) is 0 Å². The van der Waals surface area contributed by atoms with Crippen LogP contribution < -0.4 is 0 Å². The van der Waals surface area contributed by atoms with E-state index in [0.717, 1.165) is 0 Å². The highest BCUT2D eigenvalue weighted by Crippen LogP contribution is 2.48. The van der Waals surface area contributed by atoms with Crippen LogP contribution in [0.15, 0.2) is 0 Å². The van der Waals surface area contributed by atoms with E-state index in [9.17, 15) is 18.0 Å². The molecule has 0 aromatic rings. The summed E-state index contributed by atoms with van der Waals surface area (Å²) in [6.07, 6.45) is -4.87. The minimum absolute atomic E-state index is 0.0950. The Hall–Kier alpha value is -0.780. The van der Waals surface area contributed by atoms with Gasteiger partial charge in [0.15, 0.2) is 0 Å². The molecule has 98 valence electrons. The van der Waals surface area contributed by atoms with Gasteiger partial charge in [-0.25, -0.2) is 0 Å². The van der Waals surface area contributed by atoms with Crippen LogP contribution in [-0.4, -0.2) is 29.5 Å². The van der Waals surface area contributed by atoms with E-state index in [1.54, 1.807) is 6.92 Å². The summed E-state index contributed by atoms with van der Waals surface area (Å²) in [5.41, 5.74) is 0. The van der Waals surface area contributed by atoms with Gasteiger partial charge in [0.05, 0.1) is 24.0 Å². The van der Waals surface area contributed by atoms with Crippen molar-refractivity contribution in [3.8, 4) is 0 Å². The van der Waals surface area contributed by atoms with Crippen LogP contribution in [0.5, 0.6) is 0 Å². The van der Waals surface area contributed by atoms with Crippen LogP contribution in [0.25, 0.3) is 0 Å². The van der Waals surface area contributed by atoms with E-state index in [2.05, 4.69) is 0 Å². The number of alkyl halides is 3. The number of halogens is 3. The van der Waals surface area contributed by atoms with Gasteiger partial charge in [-0.05, 0) is 26.2 Å². The molecule has 0 aromatic heterocycles. The largest absolute Gasteiger partial charge is 0.481 e. The smallest absolute Gasteiger partial charge is 0.391 e. The molecule has 6 heteroatoms. The van der Waals surface area contributed by atoms with Gasteiger partial charge in [0.1, 0.15) is 0 Å². The second kappa shape index (κ2) is 4.15. The molecule has 2 fully saturated rings. The highest BCUT2D eigenvalue weighted by Gasteiger charge is 2.53. The molecule has 1 aliphatic heterocycles. The summed E-state index contributed by atoms with van der Waals surface area (Å²) in [7, 11) is 0. The highest BCUT2D eigenvalue weighted by molar-refractivity contribution is 5.70. The van der Waals surface area contributed by atoms with Gasteiger partial charge in [-0.3, -0.25) is 4.79 Å². The Morgan fingerprint density at radius 2 is 1.94 bits per heavy atom. The monoisotopic (exact) mass is 252 g/mol. The third kappa shape index (κ3) is 2.41. The predicted molar refractivity (Wildman–Crippen MR) is 52.3 cm³/mol. The third-order valence-corrected chi connectivity index (χ3v) is 3.84. The van der Waals surface area contributed by atoms with E-state index in [-0.39, 0.29) is 24.9 Å². The quantitative estimate of drug-likeness (QED) is 0.779. The minimum atomic E-state index is -4.33. The van der Waals surface area contributed by atoms with Crippen LogP contribution in [-0.2, 0) is 9.53 Å². The number of carboxylic acid groups (broad SMARTS) is 1. The lowest BCUT2D eigenvalue weighted by Crippen LogP contribution is -2.42. The summed E-state index contributed by atoms with van der Waals surface area (Å²) in [5, 5.41) is 9.03. The van der Waals surface area contributed by atoms with Crippen LogP contribution in [0.2, 0.25) is 0 Å². The summed E-state index contributed by atoms with van der Waals surface area (Å²) >= 11 is 0. The molecule has 0 radical (unpaired) electrons. The minimum Gasteiger partial charge on any atom is -0.481 e. The van der Waals surface area contributed by atoms with Gasteiger partial charge in [0, 0.05) is 5.92 Å². The maximum Gasteiger partial charge on any atom is 0.391 e. The molecule has 2 aliphatic rings. The third-order valence-electron chi connectivity index (χ3n) is 3.84. The number of hydrogen-bond donors (Lipinski definition) is 1. The lowest BCUT2D eigenvalue weighted by molar-refractivity contribution is -0.201. The standard InChI is InChI=1S/C11H15F3O3/c1-5-2-7-8(10(15)16)3-6(11(12,13)14)4-9(7)17-5/h5-9H,2-4H2,1H3,(H,15,16). The zero-order valence-corrected chi connectivity index (χ0v) is 9.41. The van der Waals surface area contributed by atoms with E-state index in [1.165, 1.54) is 0 Å². The van der Waals surface area contributed by atoms with Crippen LogP contribution in [0.4, 0.5) is 13.2 Å². The molecule has 0 amide bonds. The first kappa shape index (κ1) is 12.7. The molecular formula is C11H15F3O3. The highest BCUT2D eigenvalue weighted by atomic mass is 19.4. The van der Waals surface area contributed by atoms with Gasteiger partial charge in [-0.15, -0.1) is 0 Å². The Labute approximate surface area is 96.9 Å². The molecule has 0 spiro atoms. The molecule has 5 atom stereocenters. The van der Waals surface area contributed by atoms with E-state index >= 15 is 0 Å². The molecule has 1 heterocycles. The summed E-state index contributed by atoms with van der Waals surface area (Å²) in [6, 6.07) is 0. The first-order valence-corrected chi connectivity index (χ1v) is 5.74. The molecule has 0 bridgehead atoms. The number of fused-ring (bicyclic) bond motifs is 1. The van der Waals surface area contributed by atoms with E-state index in [4.69, 9.17) is 9.84 Å². The van der Waals surface area contributed by atoms with Crippen molar-refractivity contribution in [2.45, 2.75) is 44.6 Å². The fourth-order valence-corrected chi connectivity index (χ4v) is 3.05. The molecule has 0 aromatic carbocycles. The molecule has 1 saturated heterocycles. The Morgan fingerprint density at radius 3 is 2.47 bits per heavy atom. The first-order valence-electron chi connectivity index (χ1n) is 5.74. The number of aliphatic carboxylic acids is 1. The van der Waals surface area contributed by atoms with Crippen molar-refractivity contribution in [2.24, 2.45) is 17.8 Å². The van der Waals surface area contributed by atoms with E-state index in [1.807, 2.05) is 0 Å². The van der Waals surface area contributed by atoms with Crippen LogP contribution in [0.3, 0.4) is 0 Å². The number of hydrogen-bond acceptors (Lipinski definition) is 2. The topological polar surface area (TPSA) is 46.5 Å². The Bertz CT molecular complexity index is 316. The summed E-state index contributed by atoms with van der Waals surface area (Å²) in [5.74, 6) is -3.87. The van der Waals surface area contributed by atoms with Gasteiger partial charge < -0.3 is 9.84 Å². The van der Waals surface area contributed by atoms with Crippen LogP contribution in [0, 0.1) is 17.8 Å². The number of ether oxygens (including phenoxy) is 1. The molecule has 1 N–H and O–H groups in total. The molecular weight excluding hydrogens is 237 g/mol. The van der Waals surface area contributed by atoms with Crippen molar-refractivity contribution in [2.75, 3.05) is 0 Å². The van der Waals surface area contributed by atoms with E-state index < -0.39 is 30.1 Å². The van der Waals surface area contributed by atoms with Crippen molar-refractivity contribution in [1.29, 1.82) is 0 Å².